The van der Waals surface area contributed by atoms with Crippen molar-refractivity contribution in [2.45, 2.75) is 45.1 Å². The molecule has 4 heteroatoms. The number of hydrogen-bond donors (Lipinski definition) is 2. The molecular weight excluding hydrogens is 360 g/mol. The van der Waals surface area contributed by atoms with Crippen molar-refractivity contribution < 1.29 is 9.59 Å². The van der Waals surface area contributed by atoms with E-state index in [9.17, 15) is 9.59 Å². The number of H-pyrrole nitrogens is 1. The van der Waals surface area contributed by atoms with Gasteiger partial charge in [0.15, 0.2) is 5.78 Å². The molecular formula is C25H26N2O2. The largest absolute Gasteiger partial charge is 0.354 e. The summed E-state index contributed by atoms with van der Waals surface area (Å²) in [4.78, 5) is 28.6. The summed E-state index contributed by atoms with van der Waals surface area (Å²) < 4.78 is 0. The Balaban J connectivity index is 1.62. The quantitative estimate of drug-likeness (QED) is 0.662. The lowest BCUT2D eigenvalue weighted by molar-refractivity contribution is 0.0931. The molecule has 1 aromatic heterocycles. The van der Waals surface area contributed by atoms with Gasteiger partial charge in [-0.15, -0.1) is 0 Å². The maximum atomic E-state index is 13.1. The highest BCUT2D eigenvalue weighted by molar-refractivity contribution is 6.04. The number of hydrogen-bond acceptors (Lipinski definition) is 2. The average molecular weight is 386 g/mol. The van der Waals surface area contributed by atoms with Crippen LogP contribution in [0.25, 0.3) is 0 Å². The first-order valence-electron chi connectivity index (χ1n) is 10.2. The summed E-state index contributed by atoms with van der Waals surface area (Å²) in [5.41, 5.74) is 5.21. The molecule has 0 saturated carbocycles. The van der Waals surface area contributed by atoms with E-state index in [1.54, 1.807) is 0 Å². The lowest BCUT2D eigenvalue weighted by Crippen LogP contribution is -2.38. The van der Waals surface area contributed by atoms with Crippen molar-refractivity contribution in [1.29, 1.82) is 0 Å². The number of amides is 1. The summed E-state index contributed by atoms with van der Waals surface area (Å²) >= 11 is 0. The molecule has 0 unspecified atom stereocenters. The number of benzene rings is 2. The highest BCUT2D eigenvalue weighted by atomic mass is 16.2. The van der Waals surface area contributed by atoms with Crippen LogP contribution in [0.2, 0.25) is 0 Å². The predicted octanol–water partition coefficient (Wildman–Crippen LogP) is 4.79. The second kappa shape index (κ2) is 8.08. The molecule has 1 atom stereocenters. The number of aryl methyl sites for hydroxylation is 1. The molecule has 0 spiro atoms. The SMILES string of the molecule is Cc1c(C(=O)N[C@H](C)C(c2ccccc2)c2ccccc2)[nH]c2c1C(=O)CCC2. The van der Waals surface area contributed by atoms with Gasteiger partial charge in [0.25, 0.3) is 5.91 Å². The Morgan fingerprint density at radius 1 is 0.966 bits per heavy atom. The van der Waals surface area contributed by atoms with E-state index in [2.05, 4.69) is 34.6 Å². The molecule has 148 valence electrons. The lowest BCUT2D eigenvalue weighted by atomic mass is 9.85. The maximum absolute atomic E-state index is 13.1. The van der Waals surface area contributed by atoms with Gasteiger partial charge in [-0.25, -0.2) is 0 Å². The Bertz CT molecular complexity index is 982. The van der Waals surface area contributed by atoms with Gasteiger partial charge in [0.2, 0.25) is 0 Å². The van der Waals surface area contributed by atoms with Crippen molar-refractivity contribution in [2.24, 2.45) is 0 Å². The van der Waals surface area contributed by atoms with Gasteiger partial charge >= 0.3 is 0 Å². The topological polar surface area (TPSA) is 62.0 Å². The summed E-state index contributed by atoms with van der Waals surface area (Å²) in [5.74, 6) is 0.0143. The number of rotatable bonds is 5. The second-order valence-electron chi connectivity index (χ2n) is 7.82. The fourth-order valence-corrected chi connectivity index (χ4v) is 4.45. The monoisotopic (exact) mass is 386 g/mol. The third-order valence-corrected chi connectivity index (χ3v) is 5.84. The number of aromatic nitrogens is 1. The minimum Gasteiger partial charge on any atom is -0.354 e. The lowest BCUT2D eigenvalue weighted by Gasteiger charge is -2.26. The van der Waals surface area contributed by atoms with Crippen LogP contribution in [0.4, 0.5) is 0 Å². The number of ketones is 1. The molecule has 0 bridgehead atoms. The fourth-order valence-electron chi connectivity index (χ4n) is 4.45. The standard InChI is InChI=1S/C25H26N2O2/c1-16-22-20(14-9-15-21(22)28)27-24(16)25(29)26-17(2)23(18-10-5-3-6-11-18)19-12-7-4-8-13-19/h3-8,10-13,17,23,27H,9,14-15H2,1-2H3,(H,26,29)/t17-/m1/s1. The Labute approximate surface area is 171 Å². The highest BCUT2D eigenvalue weighted by Gasteiger charge is 2.28. The molecule has 29 heavy (non-hydrogen) atoms. The van der Waals surface area contributed by atoms with Gasteiger partial charge in [-0.1, -0.05) is 60.7 Å². The molecule has 1 amide bonds. The van der Waals surface area contributed by atoms with Crippen molar-refractivity contribution in [2.75, 3.05) is 0 Å². The van der Waals surface area contributed by atoms with E-state index < -0.39 is 0 Å². The number of aromatic amines is 1. The third-order valence-electron chi connectivity index (χ3n) is 5.84. The Morgan fingerprint density at radius 2 is 1.55 bits per heavy atom. The summed E-state index contributed by atoms with van der Waals surface area (Å²) in [6, 6.07) is 20.3. The number of carbonyl (C=O) groups is 2. The fraction of sp³-hybridized carbons (Fsp3) is 0.280. The summed E-state index contributed by atoms with van der Waals surface area (Å²) in [6.07, 6.45) is 2.22. The first-order valence-corrected chi connectivity index (χ1v) is 10.2. The van der Waals surface area contributed by atoms with Gasteiger partial charge in [-0.05, 0) is 43.4 Å². The molecule has 1 aliphatic rings. The summed E-state index contributed by atoms with van der Waals surface area (Å²) in [5, 5.41) is 3.18. The number of fused-ring (bicyclic) bond motifs is 1. The van der Waals surface area contributed by atoms with Crippen LogP contribution in [0.15, 0.2) is 60.7 Å². The van der Waals surface area contributed by atoms with E-state index in [-0.39, 0.29) is 23.7 Å². The van der Waals surface area contributed by atoms with Crippen molar-refractivity contribution in [3.8, 4) is 0 Å². The number of carbonyl (C=O) groups excluding carboxylic acids is 2. The van der Waals surface area contributed by atoms with E-state index in [0.29, 0.717) is 12.1 Å². The molecule has 4 rings (SSSR count). The van der Waals surface area contributed by atoms with Gasteiger partial charge in [-0.2, -0.15) is 0 Å². The van der Waals surface area contributed by atoms with Crippen molar-refractivity contribution in [3.63, 3.8) is 0 Å². The van der Waals surface area contributed by atoms with Crippen LogP contribution < -0.4 is 5.32 Å². The number of Topliss-reactive ketones (excluding diaryl/α,β-unsaturated/α-hetero) is 1. The average Bonchev–Trinajstić information content (AvgIpc) is 3.08. The molecule has 1 aliphatic carbocycles. The highest BCUT2D eigenvalue weighted by Crippen LogP contribution is 2.29. The molecule has 0 aliphatic heterocycles. The van der Waals surface area contributed by atoms with Crippen LogP contribution in [-0.2, 0) is 6.42 Å². The van der Waals surface area contributed by atoms with Gasteiger partial charge in [0.1, 0.15) is 5.69 Å². The first kappa shape index (κ1) is 19.2. The van der Waals surface area contributed by atoms with E-state index in [0.717, 1.165) is 40.8 Å². The normalized spacial score (nSPS) is 14.5. The minimum absolute atomic E-state index is 0.0351. The molecule has 0 fully saturated rings. The zero-order valence-corrected chi connectivity index (χ0v) is 16.9. The van der Waals surface area contributed by atoms with Crippen molar-refractivity contribution >= 4 is 11.7 Å². The molecule has 2 aromatic carbocycles. The molecule has 0 radical (unpaired) electrons. The van der Waals surface area contributed by atoms with E-state index in [1.165, 1.54) is 0 Å². The predicted molar refractivity (Wildman–Crippen MR) is 114 cm³/mol. The molecule has 0 saturated heterocycles. The van der Waals surface area contributed by atoms with Crippen LogP contribution >= 0.6 is 0 Å². The van der Waals surface area contributed by atoms with Crippen LogP contribution in [0.3, 0.4) is 0 Å². The smallest absolute Gasteiger partial charge is 0.268 e. The Morgan fingerprint density at radius 3 is 2.10 bits per heavy atom. The van der Waals surface area contributed by atoms with Gasteiger partial charge in [-0.3, -0.25) is 9.59 Å². The number of nitrogens with one attached hydrogen (secondary N) is 2. The van der Waals surface area contributed by atoms with Crippen LogP contribution in [-0.4, -0.2) is 22.7 Å². The minimum atomic E-state index is -0.158. The zero-order valence-electron chi connectivity index (χ0n) is 16.9. The van der Waals surface area contributed by atoms with E-state index in [4.69, 9.17) is 0 Å². The third kappa shape index (κ3) is 3.75. The Kier molecular flexibility index (Phi) is 5.34. The van der Waals surface area contributed by atoms with Crippen molar-refractivity contribution in [3.05, 3.63) is 94.3 Å². The van der Waals surface area contributed by atoms with E-state index in [1.807, 2.05) is 50.2 Å². The van der Waals surface area contributed by atoms with Gasteiger partial charge in [0, 0.05) is 29.6 Å². The first-order chi connectivity index (χ1) is 14.1. The van der Waals surface area contributed by atoms with Gasteiger partial charge < -0.3 is 10.3 Å². The Hall–Kier alpha value is -3.14. The second-order valence-corrected chi connectivity index (χ2v) is 7.82. The summed E-state index contributed by atoms with van der Waals surface area (Å²) in [6.45, 7) is 3.90. The molecule has 3 aromatic rings. The molecule has 1 heterocycles. The van der Waals surface area contributed by atoms with Crippen LogP contribution in [0.1, 0.15) is 68.9 Å². The van der Waals surface area contributed by atoms with Crippen LogP contribution in [0.5, 0.6) is 0 Å². The van der Waals surface area contributed by atoms with Crippen LogP contribution in [0, 0.1) is 6.92 Å². The summed E-state index contributed by atoms with van der Waals surface area (Å²) in [7, 11) is 0. The maximum Gasteiger partial charge on any atom is 0.268 e. The van der Waals surface area contributed by atoms with Crippen molar-refractivity contribution in [1.82, 2.24) is 10.3 Å². The van der Waals surface area contributed by atoms with E-state index >= 15 is 0 Å². The zero-order chi connectivity index (χ0) is 20.4. The molecule has 2 N–H and O–H groups in total. The van der Waals surface area contributed by atoms with Gasteiger partial charge in [0.05, 0.1) is 0 Å². The molecule has 4 nitrogen and oxygen atoms in total.